The van der Waals surface area contributed by atoms with Gasteiger partial charge in [0.25, 0.3) is 0 Å². The molecule has 1 aliphatic rings. The molecule has 1 aliphatic carbocycles. The number of hydrogen-bond donors (Lipinski definition) is 2. The van der Waals surface area contributed by atoms with E-state index >= 15 is 0 Å². The summed E-state index contributed by atoms with van der Waals surface area (Å²) in [6, 6.07) is 0. The Morgan fingerprint density at radius 1 is 1.15 bits per heavy atom. The number of carbonyl (C=O) groups is 1. The normalized spacial score (nSPS) is 30.7. The second-order valence-electron chi connectivity index (χ2n) is 4.69. The zero-order chi connectivity index (χ0) is 15.0. The zero-order valence-electron chi connectivity index (χ0n) is 11.6. The molecule has 0 aromatic heterocycles. The first-order valence-corrected chi connectivity index (χ1v) is 6.51. The second-order valence-corrected chi connectivity index (χ2v) is 4.69. The van der Waals surface area contributed by atoms with Gasteiger partial charge in [-0.2, -0.15) is 0 Å². The minimum absolute atomic E-state index is 0.143. The van der Waals surface area contributed by atoms with Crippen LogP contribution in [0, 0.1) is 16.2 Å². The Morgan fingerprint density at radius 2 is 1.85 bits per heavy atom. The molecule has 0 heterocycles. The molecule has 104 valence electrons. The van der Waals surface area contributed by atoms with E-state index in [1.165, 1.54) is 18.5 Å². The maximum atomic E-state index is 12.0. The van der Waals surface area contributed by atoms with Crippen LogP contribution in [0.5, 0.6) is 0 Å². The summed E-state index contributed by atoms with van der Waals surface area (Å²) in [6.07, 6.45) is 14.6. The van der Waals surface area contributed by atoms with Crippen LogP contribution in [0.3, 0.4) is 0 Å². The first-order chi connectivity index (χ1) is 9.60. The van der Waals surface area contributed by atoms with E-state index in [2.05, 4.69) is 13.2 Å². The van der Waals surface area contributed by atoms with Crippen molar-refractivity contribution in [3.05, 3.63) is 60.8 Å². The van der Waals surface area contributed by atoms with E-state index in [1.807, 2.05) is 12.2 Å². The lowest BCUT2D eigenvalue weighted by molar-refractivity contribution is -0.111. The van der Waals surface area contributed by atoms with Crippen molar-refractivity contribution in [1.82, 2.24) is 0 Å². The molecule has 2 N–H and O–H groups in total. The maximum absolute atomic E-state index is 12.0. The SMILES string of the molecule is C=C/C1=C\CC(C=N)(C=N)/C=C/C(=O)/C(C=C)=C/CC1. The Kier molecular flexibility index (Phi) is 5.78. The number of carbonyl (C=O) groups excluding carboxylic acids is 1. The van der Waals surface area contributed by atoms with Crippen molar-refractivity contribution in [3.8, 4) is 0 Å². The first-order valence-electron chi connectivity index (χ1n) is 6.51. The van der Waals surface area contributed by atoms with E-state index in [-0.39, 0.29) is 5.78 Å². The molecule has 3 heteroatoms. The van der Waals surface area contributed by atoms with Gasteiger partial charge < -0.3 is 10.8 Å². The smallest absolute Gasteiger partial charge is 0.185 e. The van der Waals surface area contributed by atoms with Crippen LogP contribution < -0.4 is 0 Å². The molecule has 3 nitrogen and oxygen atoms in total. The Hall–Kier alpha value is -2.29. The van der Waals surface area contributed by atoms with Crippen LogP contribution in [0.2, 0.25) is 0 Å². The van der Waals surface area contributed by atoms with Crippen LogP contribution in [0.25, 0.3) is 0 Å². The van der Waals surface area contributed by atoms with Gasteiger partial charge in [0.2, 0.25) is 0 Å². The molecule has 0 aliphatic heterocycles. The van der Waals surface area contributed by atoms with E-state index in [1.54, 1.807) is 18.2 Å². The highest BCUT2D eigenvalue weighted by Crippen LogP contribution is 2.23. The zero-order valence-corrected chi connectivity index (χ0v) is 11.6. The molecular formula is C17H20N2O. The van der Waals surface area contributed by atoms with Gasteiger partial charge in [0.1, 0.15) is 0 Å². The average Bonchev–Trinajstić information content (AvgIpc) is 2.51. The van der Waals surface area contributed by atoms with Crippen molar-refractivity contribution in [2.24, 2.45) is 5.41 Å². The third-order valence-electron chi connectivity index (χ3n) is 3.36. The van der Waals surface area contributed by atoms with Gasteiger partial charge >= 0.3 is 0 Å². The Bertz CT molecular complexity index is 513. The summed E-state index contributed by atoms with van der Waals surface area (Å²) >= 11 is 0. The molecule has 0 amide bonds. The van der Waals surface area contributed by atoms with Crippen LogP contribution in [0.1, 0.15) is 19.3 Å². The van der Waals surface area contributed by atoms with Gasteiger partial charge in [-0.15, -0.1) is 0 Å². The third-order valence-corrected chi connectivity index (χ3v) is 3.36. The molecule has 0 spiro atoms. The van der Waals surface area contributed by atoms with Gasteiger partial charge in [-0.1, -0.05) is 49.1 Å². The monoisotopic (exact) mass is 268 g/mol. The van der Waals surface area contributed by atoms with Gasteiger partial charge in [0.15, 0.2) is 5.78 Å². The number of nitrogens with one attached hydrogen (secondary N) is 2. The minimum atomic E-state index is -0.847. The summed E-state index contributed by atoms with van der Waals surface area (Å²) in [6.45, 7) is 7.43. The average molecular weight is 268 g/mol. The fourth-order valence-corrected chi connectivity index (χ4v) is 1.93. The number of hydrogen-bond acceptors (Lipinski definition) is 3. The molecule has 1 rings (SSSR count). The number of rotatable bonds is 4. The quantitative estimate of drug-likeness (QED) is 0.748. The molecule has 0 radical (unpaired) electrons. The Labute approximate surface area is 120 Å². The predicted molar refractivity (Wildman–Crippen MR) is 84.6 cm³/mol. The highest BCUT2D eigenvalue weighted by molar-refractivity contribution is 6.06. The summed E-state index contributed by atoms with van der Waals surface area (Å²) < 4.78 is 0. The van der Waals surface area contributed by atoms with Crippen molar-refractivity contribution >= 4 is 18.2 Å². The van der Waals surface area contributed by atoms with Gasteiger partial charge in [-0.3, -0.25) is 4.79 Å². The molecular weight excluding hydrogens is 248 g/mol. The minimum Gasteiger partial charge on any atom is -0.312 e. The standard InChI is InChI=1S/C17H20N2O/c1-3-14-6-5-7-15(4-2)16(20)9-11-17(12-18,13-19)10-8-14/h3-4,7-9,11-13,18-19H,1-2,5-6,10H2/b11-9+,14-8+,15-7+,18-12?,19-13?. The molecule has 0 saturated heterocycles. The van der Waals surface area contributed by atoms with Crippen LogP contribution in [-0.4, -0.2) is 18.2 Å². The highest BCUT2D eigenvalue weighted by Gasteiger charge is 2.21. The van der Waals surface area contributed by atoms with E-state index in [0.29, 0.717) is 12.0 Å². The van der Waals surface area contributed by atoms with E-state index in [9.17, 15) is 4.79 Å². The highest BCUT2D eigenvalue weighted by atomic mass is 16.1. The van der Waals surface area contributed by atoms with Crippen LogP contribution >= 0.6 is 0 Å². The van der Waals surface area contributed by atoms with E-state index < -0.39 is 5.41 Å². The third kappa shape index (κ3) is 3.85. The summed E-state index contributed by atoms with van der Waals surface area (Å²) in [7, 11) is 0. The van der Waals surface area contributed by atoms with Crippen LogP contribution in [0.15, 0.2) is 60.8 Å². The van der Waals surface area contributed by atoms with Crippen LogP contribution in [0.4, 0.5) is 0 Å². The van der Waals surface area contributed by atoms with Crippen LogP contribution in [-0.2, 0) is 4.79 Å². The lowest BCUT2D eigenvalue weighted by Gasteiger charge is -2.18. The van der Waals surface area contributed by atoms with Crippen molar-refractivity contribution in [2.75, 3.05) is 0 Å². The van der Waals surface area contributed by atoms with Gasteiger partial charge in [-0.25, -0.2) is 0 Å². The molecule has 0 fully saturated rings. The molecule has 0 bridgehead atoms. The topological polar surface area (TPSA) is 64.8 Å². The molecule has 0 saturated carbocycles. The number of ketones is 1. The fourth-order valence-electron chi connectivity index (χ4n) is 1.93. The van der Waals surface area contributed by atoms with Gasteiger partial charge in [0.05, 0.1) is 5.41 Å². The number of allylic oxidation sites excluding steroid dienone is 8. The van der Waals surface area contributed by atoms with Gasteiger partial charge in [0, 0.05) is 18.0 Å². The van der Waals surface area contributed by atoms with Gasteiger partial charge in [-0.05, 0) is 25.3 Å². The van der Waals surface area contributed by atoms with Crippen molar-refractivity contribution in [3.63, 3.8) is 0 Å². The molecule has 0 aromatic rings. The Morgan fingerprint density at radius 3 is 2.40 bits per heavy atom. The van der Waals surface area contributed by atoms with Crippen molar-refractivity contribution < 1.29 is 4.79 Å². The molecule has 0 atom stereocenters. The largest absolute Gasteiger partial charge is 0.312 e. The molecule has 20 heavy (non-hydrogen) atoms. The molecule has 0 unspecified atom stereocenters. The van der Waals surface area contributed by atoms with E-state index in [0.717, 1.165) is 18.4 Å². The fraction of sp³-hybridized carbons (Fsp3) is 0.235. The van der Waals surface area contributed by atoms with E-state index in [4.69, 9.17) is 10.8 Å². The summed E-state index contributed by atoms with van der Waals surface area (Å²) in [5.74, 6) is -0.143. The van der Waals surface area contributed by atoms with Crippen molar-refractivity contribution in [2.45, 2.75) is 19.3 Å². The lowest BCUT2D eigenvalue weighted by Crippen LogP contribution is -2.20. The summed E-state index contributed by atoms with van der Waals surface area (Å²) in [5.41, 5.74) is 0.761. The Balaban J connectivity index is 3.26. The van der Waals surface area contributed by atoms with Crippen molar-refractivity contribution in [1.29, 1.82) is 10.8 Å². The predicted octanol–water partition coefficient (Wildman–Crippen LogP) is 3.81. The summed E-state index contributed by atoms with van der Waals surface area (Å²) in [5, 5.41) is 15.1. The molecule has 0 aromatic carbocycles. The second kappa shape index (κ2) is 7.34. The first kappa shape index (κ1) is 15.8. The maximum Gasteiger partial charge on any atom is 0.185 e. The summed E-state index contributed by atoms with van der Waals surface area (Å²) in [4.78, 5) is 12.0. The lowest BCUT2D eigenvalue weighted by atomic mass is 9.85.